The summed E-state index contributed by atoms with van der Waals surface area (Å²) in [5.41, 5.74) is 0.651. The highest BCUT2D eigenvalue weighted by Gasteiger charge is 2.06. The minimum absolute atomic E-state index is 0.146. The van der Waals surface area contributed by atoms with E-state index in [1.165, 1.54) is 12.1 Å². The van der Waals surface area contributed by atoms with Gasteiger partial charge in [-0.25, -0.2) is 9.95 Å². The van der Waals surface area contributed by atoms with E-state index < -0.39 is 5.63 Å². The number of hydrogen-bond acceptors (Lipinski definition) is 5. The Balaban J connectivity index is 2.28. The van der Waals surface area contributed by atoms with Crippen molar-refractivity contribution in [3.05, 3.63) is 40.4 Å². The molecule has 16 heavy (non-hydrogen) atoms. The molecule has 6 nitrogen and oxygen atoms in total. The van der Waals surface area contributed by atoms with Crippen LogP contribution in [0, 0.1) is 6.92 Å². The SMILES string of the molecule is Cc1[nH]oc(=O)c1N=Nc1ccc(O)cc1. The van der Waals surface area contributed by atoms with E-state index in [1.54, 1.807) is 19.1 Å². The predicted octanol–water partition coefficient (Wildman–Crippen LogP) is 2.40. The molecular formula is C10H9N3O3. The molecule has 0 amide bonds. The molecule has 0 radical (unpaired) electrons. The number of benzene rings is 1. The molecule has 6 heteroatoms. The lowest BCUT2D eigenvalue weighted by Gasteiger charge is -1.91. The maximum absolute atomic E-state index is 11.1. The van der Waals surface area contributed by atoms with E-state index in [1.807, 2.05) is 0 Å². The van der Waals surface area contributed by atoms with Gasteiger partial charge in [0.15, 0.2) is 5.69 Å². The fraction of sp³-hybridized carbons (Fsp3) is 0.100. The quantitative estimate of drug-likeness (QED) is 0.759. The van der Waals surface area contributed by atoms with Gasteiger partial charge >= 0.3 is 5.63 Å². The molecule has 0 spiro atoms. The Bertz CT molecular complexity index is 566. The highest BCUT2D eigenvalue weighted by Crippen LogP contribution is 2.19. The minimum Gasteiger partial charge on any atom is -0.508 e. The van der Waals surface area contributed by atoms with Gasteiger partial charge in [-0.05, 0) is 31.2 Å². The number of azo groups is 1. The summed E-state index contributed by atoms with van der Waals surface area (Å²) in [6.07, 6.45) is 0. The molecule has 0 aliphatic rings. The maximum Gasteiger partial charge on any atom is 0.384 e. The average molecular weight is 219 g/mol. The third kappa shape index (κ3) is 2.00. The average Bonchev–Trinajstić information content (AvgIpc) is 2.59. The standard InChI is InChI=1S/C10H9N3O3/c1-6-9(10(15)16-13-6)12-11-7-2-4-8(14)5-3-7/h2-5,13-14H,1H3. The third-order valence-corrected chi connectivity index (χ3v) is 1.96. The Labute approximate surface area is 90.2 Å². The van der Waals surface area contributed by atoms with Gasteiger partial charge in [0, 0.05) is 0 Å². The number of nitrogens with one attached hydrogen (secondary N) is 1. The van der Waals surface area contributed by atoms with Gasteiger partial charge in [-0.2, -0.15) is 5.11 Å². The van der Waals surface area contributed by atoms with Crippen molar-refractivity contribution >= 4 is 11.4 Å². The van der Waals surface area contributed by atoms with Gasteiger partial charge < -0.3 is 9.63 Å². The number of aromatic nitrogens is 1. The molecule has 2 rings (SSSR count). The number of rotatable bonds is 2. The molecule has 2 aromatic rings. The molecule has 82 valence electrons. The first kappa shape index (κ1) is 10.2. The predicted molar refractivity (Wildman–Crippen MR) is 56.3 cm³/mol. The molecule has 0 aliphatic heterocycles. The van der Waals surface area contributed by atoms with E-state index in [9.17, 15) is 4.79 Å². The number of aromatic amines is 1. The number of phenolic OH excluding ortho intramolecular Hbond substituents is 1. The van der Waals surface area contributed by atoms with Gasteiger partial charge in [0.25, 0.3) is 0 Å². The van der Waals surface area contributed by atoms with Crippen LogP contribution in [0.5, 0.6) is 5.75 Å². The van der Waals surface area contributed by atoms with Crippen LogP contribution in [0.25, 0.3) is 0 Å². The molecule has 0 atom stereocenters. The summed E-state index contributed by atoms with van der Waals surface area (Å²) < 4.78 is 4.53. The van der Waals surface area contributed by atoms with Gasteiger partial charge in [-0.1, -0.05) is 0 Å². The topological polar surface area (TPSA) is 91.0 Å². The van der Waals surface area contributed by atoms with Crippen LogP contribution < -0.4 is 5.63 Å². The smallest absolute Gasteiger partial charge is 0.384 e. The summed E-state index contributed by atoms with van der Waals surface area (Å²) in [5.74, 6) is 0.149. The highest BCUT2D eigenvalue weighted by atomic mass is 16.5. The Kier molecular flexibility index (Phi) is 2.55. The fourth-order valence-electron chi connectivity index (χ4n) is 1.12. The maximum atomic E-state index is 11.1. The third-order valence-electron chi connectivity index (χ3n) is 1.96. The summed E-state index contributed by atoms with van der Waals surface area (Å²) in [6, 6.07) is 6.15. The summed E-state index contributed by atoms with van der Waals surface area (Å²) >= 11 is 0. The summed E-state index contributed by atoms with van der Waals surface area (Å²) in [4.78, 5) is 11.1. The van der Waals surface area contributed by atoms with Crippen molar-refractivity contribution in [2.45, 2.75) is 6.92 Å². The van der Waals surface area contributed by atoms with Crippen LogP contribution in [0.15, 0.2) is 43.8 Å². The van der Waals surface area contributed by atoms with Crippen LogP contribution in [0.1, 0.15) is 5.69 Å². The number of aryl methyl sites for hydroxylation is 1. The second-order valence-electron chi connectivity index (χ2n) is 3.18. The number of nitrogens with zero attached hydrogens (tertiary/aromatic N) is 2. The van der Waals surface area contributed by atoms with E-state index in [4.69, 9.17) is 5.11 Å². The van der Waals surface area contributed by atoms with Crippen LogP contribution in [-0.4, -0.2) is 10.3 Å². The van der Waals surface area contributed by atoms with Crippen molar-refractivity contribution in [3.63, 3.8) is 0 Å². The molecule has 1 aromatic carbocycles. The molecule has 0 saturated carbocycles. The number of H-pyrrole nitrogens is 1. The van der Waals surface area contributed by atoms with E-state index in [2.05, 4.69) is 19.9 Å². The van der Waals surface area contributed by atoms with Crippen molar-refractivity contribution in [1.82, 2.24) is 5.16 Å². The highest BCUT2D eigenvalue weighted by molar-refractivity contribution is 5.42. The van der Waals surface area contributed by atoms with Crippen LogP contribution in [-0.2, 0) is 0 Å². The second-order valence-corrected chi connectivity index (χ2v) is 3.18. The summed E-state index contributed by atoms with van der Waals surface area (Å²) in [6.45, 7) is 1.66. The molecule has 2 N–H and O–H groups in total. The number of phenols is 1. The van der Waals surface area contributed by atoms with E-state index >= 15 is 0 Å². The molecule has 0 fully saturated rings. The van der Waals surface area contributed by atoms with Gasteiger partial charge in [-0.15, -0.1) is 5.11 Å². The lowest BCUT2D eigenvalue weighted by atomic mass is 10.3. The van der Waals surface area contributed by atoms with Crippen molar-refractivity contribution in [2.24, 2.45) is 10.2 Å². The largest absolute Gasteiger partial charge is 0.508 e. The molecule has 0 unspecified atom stereocenters. The van der Waals surface area contributed by atoms with Gasteiger partial charge in [0.1, 0.15) is 5.75 Å². The fourth-order valence-corrected chi connectivity index (χ4v) is 1.12. The van der Waals surface area contributed by atoms with E-state index in [0.29, 0.717) is 11.4 Å². The normalized spacial score (nSPS) is 11.1. The summed E-state index contributed by atoms with van der Waals surface area (Å²) in [5, 5.41) is 19.1. The first-order chi connectivity index (χ1) is 7.66. The Morgan fingerprint density at radius 1 is 1.25 bits per heavy atom. The van der Waals surface area contributed by atoms with Crippen LogP contribution >= 0.6 is 0 Å². The van der Waals surface area contributed by atoms with Crippen molar-refractivity contribution in [3.8, 4) is 5.75 Å². The lowest BCUT2D eigenvalue weighted by molar-refractivity contribution is 0.388. The lowest BCUT2D eigenvalue weighted by Crippen LogP contribution is -1.89. The Morgan fingerprint density at radius 2 is 1.94 bits per heavy atom. The Morgan fingerprint density at radius 3 is 2.50 bits per heavy atom. The second kappa shape index (κ2) is 4.01. The first-order valence-corrected chi connectivity index (χ1v) is 4.55. The first-order valence-electron chi connectivity index (χ1n) is 4.55. The Hall–Kier alpha value is -2.37. The molecular weight excluding hydrogens is 210 g/mol. The minimum atomic E-state index is -0.556. The zero-order valence-electron chi connectivity index (χ0n) is 8.47. The van der Waals surface area contributed by atoms with Crippen molar-refractivity contribution in [2.75, 3.05) is 0 Å². The number of hydrogen-bond donors (Lipinski definition) is 2. The van der Waals surface area contributed by atoms with Crippen molar-refractivity contribution in [1.29, 1.82) is 0 Å². The van der Waals surface area contributed by atoms with Gasteiger partial charge in [0.2, 0.25) is 0 Å². The van der Waals surface area contributed by atoms with Crippen LogP contribution in [0.2, 0.25) is 0 Å². The van der Waals surface area contributed by atoms with Gasteiger partial charge in [-0.3, -0.25) is 0 Å². The van der Waals surface area contributed by atoms with E-state index in [0.717, 1.165) is 0 Å². The summed E-state index contributed by atoms with van der Waals surface area (Å²) in [7, 11) is 0. The zero-order chi connectivity index (χ0) is 11.5. The van der Waals surface area contributed by atoms with E-state index in [-0.39, 0.29) is 11.4 Å². The van der Waals surface area contributed by atoms with Crippen LogP contribution in [0.4, 0.5) is 11.4 Å². The number of aromatic hydroxyl groups is 1. The van der Waals surface area contributed by atoms with Crippen LogP contribution in [0.3, 0.4) is 0 Å². The van der Waals surface area contributed by atoms with Gasteiger partial charge in [0.05, 0.1) is 11.4 Å². The molecule has 0 aliphatic carbocycles. The molecule has 0 saturated heterocycles. The molecule has 0 bridgehead atoms. The molecule has 1 heterocycles. The van der Waals surface area contributed by atoms with Crippen molar-refractivity contribution < 1.29 is 9.63 Å². The monoisotopic (exact) mass is 219 g/mol. The zero-order valence-corrected chi connectivity index (χ0v) is 8.47. The molecule has 1 aromatic heterocycles.